The molecule has 2 heteroatoms. The van der Waals surface area contributed by atoms with Crippen LogP contribution in [0, 0.1) is 6.92 Å². The second-order valence-electron chi connectivity index (χ2n) is 5.08. The summed E-state index contributed by atoms with van der Waals surface area (Å²) < 4.78 is 0. The largest absolute Gasteiger partial charge is 0.389 e. The summed E-state index contributed by atoms with van der Waals surface area (Å²) in [6, 6.07) is 16.5. The zero-order chi connectivity index (χ0) is 13.8. The van der Waals surface area contributed by atoms with Gasteiger partial charge in [-0.3, -0.25) is 0 Å². The Labute approximate surface area is 115 Å². The van der Waals surface area contributed by atoms with E-state index in [9.17, 15) is 5.11 Å². The lowest BCUT2D eigenvalue weighted by Crippen LogP contribution is -2.18. The fraction of sp³-hybridized carbons (Fsp3) is 0.294. The van der Waals surface area contributed by atoms with Crippen LogP contribution in [-0.2, 0) is 6.54 Å². The number of hydrogen-bond acceptors (Lipinski definition) is 2. The first-order chi connectivity index (χ1) is 9.08. The molecule has 0 aromatic heterocycles. The number of rotatable bonds is 4. The zero-order valence-electron chi connectivity index (χ0n) is 11.8. The number of aliphatic hydroxyl groups excluding tert-OH is 1. The third kappa shape index (κ3) is 3.36. The van der Waals surface area contributed by atoms with Gasteiger partial charge in [-0.2, -0.15) is 0 Å². The number of para-hydroxylation sites is 1. The molecule has 0 fully saturated rings. The molecule has 0 radical (unpaired) electrons. The molecule has 2 aromatic rings. The van der Waals surface area contributed by atoms with E-state index in [0.717, 1.165) is 17.8 Å². The van der Waals surface area contributed by atoms with Crippen LogP contribution in [0.3, 0.4) is 0 Å². The maximum absolute atomic E-state index is 9.84. The highest BCUT2D eigenvalue weighted by atomic mass is 16.3. The first-order valence-electron chi connectivity index (χ1n) is 6.61. The summed E-state index contributed by atoms with van der Waals surface area (Å²) in [5, 5.41) is 9.84. The Morgan fingerprint density at radius 3 is 2.53 bits per heavy atom. The molecule has 1 N–H and O–H groups in total. The van der Waals surface area contributed by atoms with Crippen LogP contribution in [0.5, 0.6) is 0 Å². The van der Waals surface area contributed by atoms with Gasteiger partial charge in [-0.15, -0.1) is 0 Å². The van der Waals surface area contributed by atoms with Crippen molar-refractivity contribution in [3.8, 4) is 0 Å². The van der Waals surface area contributed by atoms with Crippen LogP contribution in [-0.4, -0.2) is 12.2 Å². The predicted octanol–water partition coefficient (Wildman–Crippen LogP) is 3.68. The van der Waals surface area contributed by atoms with Crippen LogP contribution in [0.1, 0.15) is 29.7 Å². The average Bonchev–Trinajstić information content (AvgIpc) is 2.38. The minimum absolute atomic E-state index is 0.448. The standard InChI is InChI=1S/C17H21NO/c1-13-7-6-8-15(11-13)12-18(3)17-10-5-4-9-16(17)14(2)19/h4-11,14,19H,12H2,1-3H3/t14-/m1/s1. The van der Waals surface area contributed by atoms with Gasteiger partial charge in [-0.05, 0) is 25.5 Å². The van der Waals surface area contributed by atoms with Gasteiger partial charge in [0.2, 0.25) is 0 Å². The Balaban J connectivity index is 2.23. The minimum atomic E-state index is -0.448. The van der Waals surface area contributed by atoms with Crippen molar-refractivity contribution in [2.24, 2.45) is 0 Å². The molecule has 1 atom stereocenters. The smallest absolute Gasteiger partial charge is 0.0781 e. The van der Waals surface area contributed by atoms with Gasteiger partial charge in [0.1, 0.15) is 0 Å². The van der Waals surface area contributed by atoms with E-state index in [0.29, 0.717) is 0 Å². The number of aliphatic hydroxyl groups is 1. The second-order valence-corrected chi connectivity index (χ2v) is 5.08. The topological polar surface area (TPSA) is 23.5 Å². The van der Waals surface area contributed by atoms with Gasteiger partial charge in [0.15, 0.2) is 0 Å². The van der Waals surface area contributed by atoms with Crippen LogP contribution in [0.4, 0.5) is 5.69 Å². The van der Waals surface area contributed by atoms with E-state index >= 15 is 0 Å². The fourth-order valence-electron chi connectivity index (χ4n) is 2.36. The molecule has 100 valence electrons. The summed E-state index contributed by atoms with van der Waals surface area (Å²) in [6.07, 6.45) is -0.448. The number of anilines is 1. The van der Waals surface area contributed by atoms with Crippen LogP contribution in [0.15, 0.2) is 48.5 Å². The summed E-state index contributed by atoms with van der Waals surface area (Å²) >= 11 is 0. The maximum atomic E-state index is 9.84. The number of aryl methyl sites for hydroxylation is 1. The Kier molecular flexibility index (Phi) is 4.23. The highest BCUT2D eigenvalue weighted by molar-refractivity contribution is 5.54. The van der Waals surface area contributed by atoms with Crippen molar-refractivity contribution in [1.82, 2.24) is 0 Å². The van der Waals surface area contributed by atoms with Crippen molar-refractivity contribution < 1.29 is 5.11 Å². The van der Waals surface area contributed by atoms with Gasteiger partial charge in [-0.25, -0.2) is 0 Å². The molecule has 0 heterocycles. The lowest BCUT2D eigenvalue weighted by molar-refractivity contribution is 0.199. The molecule has 2 rings (SSSR count). The van der Waals surface area contributed by atoms with E-state index in [4.69, 9.17) is 0 Å². The van der Waals surface area contributed by atoms with Crippen molar-refractivity contribution in [2.45, 2.75) is 26.5 Å². The van der Waals surface area contributed by atoms with Crippen LogP contribution < -0.4 is 4.90 Å². The molecule has 0 aliphatic rings. The lowest BCUT2D eigenvalue weighted by Gasteiger charge is -2.23. The molecule has 2 aromatic carbocycles. The third-order valence-corrected chi connectivity index (χ3v) is 3.30. The highest BCUT2D eigenvalue weighted by Crippen LogP contribution is 2.26. The monoisotopic (exact) mass is 255 g/mol. The molecule has 0 aliphatic carbocycles. The number of hydrogen-bond donors (Lipinski definition) is 1. The summed E-state index contributed by atoms with van der Waals surface area (Å²) in [6.45, 7) is 4.75. The van der Waals surface area contributed by atoms with Gasteiger partial charge < -0.3 is 10.0 Å². The number of nitrogens with zero attached hydrogens (tertiary/aromatic N) is 1. The minimum Gasteiger partial charge on any atom is -0.389 e. The quantitative estimate of drug-likeness (QED) is 0.900. The predicted molar refractivity (Wildman–Crippen MR) is 80.4 cm³/mol. The Morgan fingerprint density at radius 2 is 1.84 bits per heavy atom. The van der Waals surface area contributed by atoms with Crippen molar-refractivity contribution in [2.75, 3.05) is 11.9 Å². The molecule has 2 nitrogen and oxygen atoms in total. The van der Waals surface area contributed by atoms with Gasteiger partial charge in [-0.1, -0.05) is 48.0 Å². The molecule has 19 heavy (non-hydrogen) atoms. The summed E-state index contributed by atoms with van der Waals surface area (Å²) in [7, 11) is 2.06. The van der Waals surface area contributed by atoms with Crippen molar-refractivity contribution >= 4 is 5.69 Å². The van der Waals surface area contributed by atoms with Gasteiger partial charge in [0, 0.05) is 24.8 Å². The van der Waals surface area contributed by atoms with Crippen molar-refractivity contribution in [1.29, 1.82) is 0 Å². The SMILES string of the molecule is Cc1cccc(CN(C)c2ccccc2[C@@H](C)O)c1. The van der Waals surface area contributed by atoms with Crippen LogP contribution in [0.25, 0.3) is 0 Å². The van der Waals surface area contributed by atoms with E-state index < -0.39 is 6.10 Å². The van der Waals surface area contributed by atoms with Gasteiger partial charge in [0.25, 0.3) is 0 Å². The first kappa shape index (κ1) is 13.6. The third-order valence-electron chi connectivity index (χ3n) is 3.30. The molecule has 0 saturated heterocycles. The Hall–Kier alpha value is -1.80. The normalized spacial score (nSPS) is 12.2. The molecular weight excluding hydrogens is 234 g/mol. The molecular formula is C17H21NO. The van der Waals surface area contributed by atoms with Gasteiger partial charge in [0.05, 0.1) is 6.10 Å². The van der Waals surface area contributed by atoms with E-state index in [1.54, 1.807) is 6.92 Å². The molecule has 0 unspecified atom stereocenters. The first-order valence-corrected chi connectivity index (χ1v) is 6.61. The molecule has 0 bridgehead atoms. The highest BCUT2D eigenvalue weighted by Gasteiger charge is 2.11. The van der Waals surface area contributed by atoms with Crippen LogP contribution in [0.2, 0.25) is 0 Å². The fourth-order valence-corrected chi connectivity index (χ4v) is 2.36. The van der Waals surface area contributed by atoms with E-state index in [1.165, 1.54) is 11.1 Å². The summed E-state index contributed by atoms with van der Waals surface area (Å²) in [5.41, 5.74) is 4.61. The summed E-state index contributed by atoms with van der Waals surface area (Å²) in [5.74, 6) is 0. The average molecular weight is 255 g/mol. The van der Waals surface area contributed by atoms with E-state index in [2.05, 4.69) is 49.2 Å². The van der Waals surface area contributed by atoms with Crippen LogP contribution >= 0.6 is 0 Å². The Morgan fingerprint density at radius 1 is 1.11 bits per heavy atom. The molecule has 0 amide bonds. The molecule has 0 saturated carbocycles. The van der Waals surface area contributed by atoms with E-state index in [-0.39, 0.29) is 0 Å². The number of benzene rings is 2. The molecule has 0 spiro atoms. The van der Waals surface area contributed by atoms with E-state index in [1.807, 2.05) is 18.2 Å². The van der Waals surface area contributed by atoms with Crippen molar-refractivity contribution in [3.63, 3.8) is 0 Å². The maximum Gasteiger partial charge on any atom is 0.0781 e. The lowest BCUT2D eigenvalue weighted by atomic mass is 10.1. The van der Waals surface area contributed by atoms with Gasteiger partial charge >= 0.3 is 0 Å². The summed E-state index contributed by atoms with van der Waals surface area (Å²) in [4.78, 5) is 2.18. The zero-order valence-corrected chi connectivity index (χ0v) is 11.8. The van der Waals surface area contributed by atoms with Crippen molar-refractivity contribution in [3.05, 3.63) is 65.2 Å². The second kappa shape index (κ2) is 5.89. The molecule has 0 aliphatic heterocycles. The Bertz CT molecular complexity index is 548.